The molecule has 6 aromatic rings. The van der Waals surface area contributed by atoms with Crippen LogP contribution in [0.5, 0.6) is 5.75 Å². The normalized spacial score (nSPS) is 15.5. The van der Waals surface area contributed by atoms with Gasteiger partial charge in [-0.3, -0.25) is 4.57 Å². The highest BCUT2D eigenvalue weighted by molar-refractivity contribution is 5.88. The minimum Gasteiger partial charge on any atom is -0.497 e. The van der Waals surface area contributed by atoms with Crippen molar-refractivity contribution in [3.05, 3.63) is 101 Å². The van der Waals surface area contributed by atoms with E-state index in [0.717, 1.165) is 76.4 Å². The molecule has 208 valence electrons. The SMILES string of the molecule is COc1ccc(CNc2nc3cc(-c4ccnn4C4CCCCO4)ccc3n3cc(Cn4ccoc4=O)cc23)cc1. The van der Waals surface area contributed by atoms with Crippen molar-refractivity contribution < 1.29 is 13.9 Å². The number of nitrogens with zero attached hydrogens (tertiary/aromatic N) is 5. The topological polar surface area (TPSA) is 101 Å². The van der Waals surface area contributed by atoms with Gasteiger partial charge >= 0.3 is 5.76 Å². The molecule has 2 aromatic carbocycles. The average molecular weight is 551 g/mol. The number of hydrogen-bond acceptors (Lipinski definition) is 7. The third kappa shape index (κ3) is 4.87. The zero-order valence-corrected chi connectivity index (χ0v) is 22.7. The molecule has 5 heterocycles. The maximum Gasteiger partial charge on any atom is 0.419 e. The number of hydrogen-bond donors (Lipinski definition) is 1. The van der Waals surface area contributed by atoms with E-state index in [2.05, 4.69) is 45.3 Å². The highest BCUT2D eigenvalue weighted by Gasteiger charge is 2.20. The summed E-state index contributed by atoms with van der Waals surface area (Å²) < 4.78 is 21.9. The van der Waals surface area contributed by atoms with Gasteiger partial charge in [0.15, 0.2) is 12.0 Å². The van der Waals surface area contributed by atoms with Crippen LogP contribution in [0.2, 0.25) is 0 Å². The molecule has 1 N–H and O–H groups in total. The van der Waals surface area contributed by atoms with E-state index in [4.69, 9.17) is 18.9 Å². The minimum atomic E-state index is -0.385. The fourth-order valence-electron chi connectivity index (χ4n) is 5.49. The van der Waals surface area contributed by atoms with E-state index in [9.17, 15) is 4.79 Å². The van der Waals surface area contributed by atoms with Gasteiger partial charge in [0.1, 0.15) is 12.0 Å². The van der Waals surface area contributed by atoms with Crippen molar-refractivity contribution in [3.8, 4) is 17.0 Å². The molecule has 1 atom stereocenters. The quantitative estimate of drug-likeness (QED) is 0.268. The third-order valence-corrected chi connectivity index (χ3v) is 7.60. The maximum atomic E-state index is 12.1. The summed E-state index contributed by atoms with van der Waals surface area (Å²) in [5.41, 5.74) is 6.82. The Morgan fingerprint density at radius 1 is 1.05 bits per heavy atom. The van der Waals surface area contributed by atoms with E-state index in [1.54, 1.807) is 17.9 Å². The molecule has 1 aliphatic heterocycles. The highest BCUT2D eigenvalue weighted by atomic mass is 16.5. The molecular formula is C31H30N6O4. The van der Waals surface area contributed by atoms with Crippen molar-refractivity contribution >= 4 is 22.4 Å². The summed E-state index contributed by atoms with van der Waals surface area (Å²) in [6.07, 6.45) is 10.0. The summed E-state index contributed by atoms with van der Waals surface area (Å²) in [6, 6.07) is 18.3. The van der Waals surface area contributed by atoms with Crippen LogP contribution in [-0.4, -0.2) is 37.4 Å². The van der Waals surface area contributed by atoms with Crippen LogP contribution < -0.4 is 15.8 Å². The van der Waals surface area contributed by atoms with Gasteiger partial charge in [0.25, 0.3) is 0 Å². The van der Waals surface area contributed by atoms with Crippen LogP contribution in [0.3, 0.4) is 0 Å². The maximum absolute atomic E-state index is 12.1. The predicted octanol–water partition coefficient (Wildman–Crippen LogP) is 5.47. The van der Waals surface area contributed by atoms with E-state index < -0.39 is 0 Å². The van der Waals surface area contributed by atoms with Crippen LogP contribution in [0, 0.1) is 0 Å². The van der Waals surface area contributed by atoms with E-state index in [1.807, 2.05) is 41.2 Å². The van der Waals surface area contributed by atoms with Gasteiger partial charge in [0.05, 0.1) is 35.9 Å². The zero-order valence-electron chi connectivity index (χ0n) is 22.7. The summed E-state index contributed by atoms with van der Waals surface area (Å²) in [5, 5.41) is 8.13. The van der Waals surface area contributed by atoms with Crippen molar-refractivity contribution in [2.45, 2.75) is 38.6 Å². The molecule has 1 fully saturated rings. The molecule has 1 aliphatic rings. The number of fused-ring (bicyclic) bond motifs is 3. The van der Waals surface area contributed by atoms with Gasteiger partial charge in [-0.25, -0.2) is 14.5 Å². The Labute approximate surface area is 235 Å². The number of anilines is 1. The second kappa shape index (κ2) is 10.6. The van der Waals surface area contributed by atoms with Crippen LogP contribution >= 0.6 is 0 Å². The van der Waals surface area contributed by atoms with Gasteiger partial charge in [-0.1, -0.05) is 18.2 Å². The molecular weight excluding hydrogens is 520 g/mol. The van der Waals surface area contributed by atoms with Crippen LogP contribution in [0.25, 0.3) is 27.8 Å². The largest absolute Gasteiger partial charge is 0.497 e. The fourth-order valence-corrected chi connectivity index (χ4v) is 5.49. The molecule has 0 amide bonds. The highest BCUT2D eigenvalue weighted by Crippen LogP contribution is 2.32. The predicted molar refractivity (Wildman–Crippen MR) is 155 cm³/mol. The molecule has 0 radical (unpaired) electrons. The van der Waals surface area contributed by atoms with Crippen molar-refractivity contribution in [1.82, 2.24) is 23.7 Å². The molecule has 0 saturated carbocycles. The first-order valence-corrected chi connectivity index (χ1v) is 13.8. The Balaban J connectivity index is 1.30. The first kappa shape index (κ1) is 25.2. The van der Waals surface area contributed by atoms with Gasteiger partial charge < -0.3 is 23.6 Å². The number of benzene rings is 2. The lowest BCUT2D eigenvalue weighted by atomic mass is 10.1. The summed E-state index contributed by atoms with van der Waals surface area (Å²) in [6.45, 7) is 1.74. The van der Waals surface area contributed by atoms with Crippen molar-refractivity contribution in [2.24, 2.45) is 0 Å². The smallest absolute Gasteiger partial charge is 0.419 e. The Hall–Kier alpha value is -4.83. The molecule has 10 nitrogen and oxygen atoms in total. The van der Waals surface area contributed by atoms with Crippen LogP contribution in [0.4, 0.5) is 5.82 Å². The zero-order chi connectivity index (χ0) is 27.8. The first-order valence-electron chi connectivity index (χ1n) is 13.8. The summed E-state index contributed by atoms with van der Waals surface area (Å²) in [5.74, 6) is 1.18. The van der Waals surface area contributed by atoms with Gasteiger partial charge in [0, 0.05) is 37.3 Å². The second-order valence-corrected chi connectivity index (χ2v) is 10.2. The van der Waals surface area contributed by atoms with Crippen molar-refractivity contribution in [2.75, 3.05) is 19.0 Å². The van der Waals surface area contributed by atoms with E-state index in [1.165, 1.54) is 6.26 Å². The molecule has 0 spiro atoms. The minimum absolute atomic E-state index is 0.0556. The standard InChI is InChI=1S/C31H30N6O4/c1-39-24-8-5-21(6-9-24)18-32-30-28-16-22(19-35-13-15-41-31(35)38)20-36(28)27-10-7-23(17-25(27)34-30)26-11-12-33-37(26)29-4-2-3-14-40-29/h5-13,15-17,20,29H,2-4,14,18-19H2,1H3,(H,32,34). The average Bonchev–Trinajstić information content (AvgIpc) is 3.77. The van der Waals surface area contributed by atoms with Gasteiger partial charge in [0.2, 0.25) is 0 Å². The van der Waals surface area contributed by atoms with Crippen LogP contribution in [0.1, 0.15) is 36.6 Å². The Kier molecular flexibility index (Phi) is 6.52. The van der Waals surface area contributed by atoms with E-state index in [-0.39, 0.29) is 12.0 Å². The molecule has 41 heavy (non-hydrogen) atoms. The van der Waals surface area contributed by atoms with Crippen LogP contribution in [-0.2, 0) is 17.8 Å². The number of nitrogens with one attached hydrogen (secondary N) is 1. The van der Waals surface area contributed by atoms with Crippen molar-refractivity contribution in [3.63, 3.8) is 0 Å². The molecule has 1 unspecified atom stereocenters. The summed E-state index contributed by atoms with van der Waals surface area (Å²) >= 11 is 0. The van der Waals surface area contributed by atoms with Gasteiger partial charge in [-0.05, 0) is 66.8 Å². The summed E-state index contributed by atoms with van der Waals surface area (Å²) in [7, 11) is 1.66. The van der Waals surface area contributed by atoms with Gasteiger partial charge in [-0.2, -0.15) is 5.10 Å². The lowest BCUT2D eigenvalue weighted by Crippen LogP contribution is -2.19. The molecule has 4 aromatic heterocycles. The lowest BCUT2D eigenvalue weighted by molar-refractivity contribution is -0.0383. The number of ether oxygens (including phenoxy) is 2. The molecule has 0 bridgehead atoms. The second-order valence-electron chi connectivity index (χ2n) is 10.2. The molecule has 7 rings (SSSR count). The third-order valence-electron chi connectivity index (χ3n) is 7.60. The number of rotatable bonds is 8. The Morgan fingerprint density at radius 3 is 2.73 bits per heavy atom. The monoisotopic (exact) mass is 550 g/mol. The molecule has 1 saturated heterocycles. The lowest BCUT2D eigenvalue weighted by Gasteiger charge is -2.24. The number of oxazole rings is 1. The number of methoxy groups -OCH3 is 1. The summed E-state index contributed by atoms with van der Waals surface area (Å²) in [4.78, 5) is 17.1. The number of aromatic nitrogens is 5. The van der Waals surface area contributed by atoms with Crippen LogP contribution in [0.15, 0.2) is 88.7 Å². The van der Waals surface area contributed by atoms with E-state index in [0.29, 0.717) is 13.1 Å². The van der Waals surface area contributed by atoms with Gasteiger partial charge in [-0.15, -0.1) is 0 Å². The molecule has 0 aliphatic carbocycles. The fraction of sp³-hybridized carbons (Fsp3) is 0.258. The Bertz CT molecular complexity index is 1870. The van der Waals surface area contributed by atoms with E-state index >= 15 is 0 Å². The first-order chi connectivity index (χ1) is 20.2. The Morgan fingerprint density at radius 2 is 1.95 bits per heavy atom. The molecule has 10 heteroatoms. The van der Waals surface area contributed by atoms with Crippen molar-refractivity contribution in [1.29, 1.82) is 0 Å².